The van der Waals surface area contributed by atoms with Crippen molar-refractivity contribution in [2.24, 2.45) is 0 Å². The highest BCUT2D eigenvalue weighted by Crippen LogP contribution is 2.22. The van der Waals surface area contributed by atoms with E-state index in [1.54, 1.807) is 0 Å². The number of nitrogens with zero attached hydrogens (tertiary/aromatic N) is 1. The molecule has 0 amide bonds. The van der Waals surface area contributed by atoms with E-state index in [2.05, 4.69) is 56.5 Å². The summed E-state index contributed by atoms with van der Waals surface area (Å²) in [6.07, 6.45) is 0.928. The molecule has 1 aromatic rings. The smallest absolute Gasteiger partial charge is 0.0119 e. The molecule has 1 aromatic carbocycles. The van der Waals surface area contributed by atoms with Crippen LogP contribution in [0.5, 0.6) is 0 Å². The third kappa shape index (κ3) is 3.41. The Kier molecular flexibility index (Phi) is 3.79. The summed E-state index contributed by atoms with van der Waals surface area (Å²) < 4.78 is 0. The largest absolute Gasteiger partial charge is 0.381 e. The van der Waals surface area contributed by atoms with Crippen molar-refractivity contribution >= 4 is 0 Å². The molecule has 0 spiro atoms. The van der Waals surface area contributed by atoms with Crippen LogP contribution in [0.4, 0.5) is 0 Å². The first-order chi connectivity index (χ1) is 7.30. The van der Waals surface area contributed by atoms with Gasteiger partial charge in [0.1, 0.15) is 0 Å². The van der Waals surface area contributed by atoms with Crippen molar-refractivity contribution in [2.45, 2.75) is 32.6 Å². The van der Waals surface area contributed by atoms with Crippen LogP contribution in [0.25, 0.3) is 0 Å². The molecule has 88 valence electrons. The first kappa shape index (κ1) is 12.8. The number of hydrogen-bond acceptors (Lipinski definition) is 1. The van der Waals surface area contributed by atoms with Crippen molar-refractivity contribution in [1.29, 1.82) is 0 Å². The number of hydrogen-bond donors (Lipinski definition) is 0. The Bertz CT molecular complexity index is 352. The highest BCUT2D eigenvalue weighted by molar-refractivity contribution is 5.29. The minimum absolute atomic E-state index is 0.233. The number of allylic oxidation sites excluding steroid dienone is 1. The fraction of sp³-hybridized carbons (Fsp3) is 0.467. The fourth-order valence-corrected chi connectivity index (χ4v) is 1.52. The lowest BCUT2D eigenvalue weighted by Crippen LogP contribution is -2.13. The van der Waals surface area contributed by atoms with Crippen molar-refractivity contribution in [1.82, 2.24) is 4.90 Å². The standard InChI is InChI=1S/C15H23N/c1-12(16(5)6)11-13-7-9-14(10-8-13)15(2,3)4/h7-10H,1,11H2,2-6H3. The molecule has 0 saturated heterocycles. The minimum atomic E-state index is 0.233. The molecule has 1 heteroatoms. The molecule has 16 heavy (non-hydrogen) atoms. The van der Waals surface area contributed by atoms with Crippen molar-refractivity contribution in [2.75, 3.05) is 14.1 Å². The molecule has 0 N–H and O–H groups in total. The van der Waals surface area contributed by atoms with Crippen molar-refractivity contribution < 1.29 is 0 Å². The zero-order valence-electron chi connectivity index (χ0n) is 11.2. The molecule has 0 aliphatic carbocycles. The summed E-state index contributed by atoms with van der Waals surface area (Å²) in [5, 5.41) is 0. The van der Waals surface area contributed by atoms with E-state index in [1.165, 1.54) is 11.1 Å². The molecule has 0 saturated carbocycles. The van der Waals surface area contributed by atoms with E-state index in [1.807, 2.05) is 14.1 Å². The minimum Gasteiger partial charge on any atom is -0.381 e. The second kappa shape index (κ2) is 4.73. The average Bonchev–Trinajstić information content (AvgIpc) is 2.17. The quantitative estimate of drug-likeness (QED) is 0.747. The predicted octanol–water partition coefficient (Wildman–Crippen LogP) is 3.60. The Morgan fingerprint density at radius 1 is 1.12 bits per heavy atom. The van der Waals surface area contributed by atoms with Gasteiger partial charge in [0.2, 0.25) is 0 Å². The van der Waals surface area contributed by atoms with Gasteiger partial charge in [-0.05, 0) is 16.5 Å². The first-order valence-corrected chi connectivity index (χ1v) is 5.75. The lowest BCUT2D eigenvalue weighted by Gasteiger charge is -2.20. The van der Waals surface area contributed by atoms with Crippen LogP contribution in [0, 0.1) is 0 Å². The van der Waals surface area contributed by atoms with Gasteiger partial charge in [0.15, 0.2) is 0 Å². The highest BCUT2D eigenvalue weighted by Gasteiger charge is 2.12. The van der Waals surface area contributed by atoms with E-state index in [0.29, 0.717) is 0 Å². The predicted molar refractivity (Wildman–Crippen MR) is 71.7 cm³/mol. The highest BCUT2D eigenvalue weighted by atomic mass is 15.1. The molecule has 0 aliphatic rings. The van der Waals surface area contributed by atoms with E-state index in [0.717, 1.165) is 12.1 Å². The van der Waals surface area contributed by atoms with E-state index in [4.69, 9.17) is 0 Å². The normalized spacial score (nSPS) is 11.3. The molecule has 0 heterocycles. The number of rotatable bonds is 3. The van der Waals surface area contributed by atoms with Crippen LogP contribution in [0.2, 0.25) is 0 Å². The van der Waals surface area contributed by atoms with E-state index < -0.39 is 0 Å². The Labute approximate surface area is 99.8 Å². The van der Waals surface area contributed by atoms with Gasteiger partial charge in [0, 0.05) is 26.2 Å². The summed E-state index contributed by atoms with van der Waals surface area (Å²) in [6, 6.07) is 8.85. The molecular formula is C15H23N. The van der Waals surface area contributed by atoms with Crippen LogP contribution in [0.1, 0.15) is 31.9 Å². The second-order valence-electron chi connectivity index (χ2n) is 5.58. The molecule has 1 nitrogen and oxygen atoms in total. The second-order valence-corrected chi connectivity index (χ2v) is 5.58. The van der Waals surface area contributed by atoms with Gasteiger partial charge in [-0.15, -0.1) is 0 Å². The molecule has 0 radical (unpaired) electrons. The maximum absolute atomic E-state index is 4.05. The molecule has 0 atom stereocenters. The van der Waals surface area contributed by atoms with Crippen LogP contribution in [0.15, 0.2) is 36.5 Å². The molecule has 0 bridgehead atoms. The Morgan fingerprint density at radius 2 is 1.62 bits per heavy atom. The van der Waals surface area contributed by atoms with Gasteiger partial charge in [0.05, 0.1) is 0 Å². The maximum atomic E-state index is 4.05. The summed E-state index contributed by atoms with van der Waals surface area (Å²) >= 11 is 0. The number of likely N-dealkylation sites (N-methyl/N-ethyl adjacent to an activating group) is 1. The Morgan fingerprint density at radius 3 is 2.00 bits per heavy atom. The molecule has 0 fully saturated rings. The van der Waals surface area contributed by atoms with Crippen LogP contribution >= 0.6 is 0 Å². The lowest BCUT2D eigenvalue weighted by atomic mass is 9.86. The zero-order chi connectivity index (χ0) is 12.3. The zero-order valence-corrected chi connectivity index (χ0v) is 11.2. The van der Waals surface area contributed by atoms with Crippen molar-refractivity contribution in [3.8, 4) is 0 Å². The molecule has 0 unspecified atom stereocenters. The van der Waals surface area contributed by atoms with E-state index in [-0.39, 0.29) is 5.41 Å². The van der Waals surface area contributed by atoms with Crippen LogP contribution in [-0.2, 0) is 11.8 Å². The third-order valence-corrected chi connectivity index (χ3v) is 2.86. The van der Waals surface area contributed by atoms with Gasteiger partial charge in [0.25, 0.3) is 0 Å². The average molecular weight is 217 g/mol. The molecule has 0 aliphatic heterocycles. The summed E-state index contributed by atoms with van der Waals surface area (Å²) in [7, 11) is 4.07. The third-order valence-electron chi connectivity index (χ3n) is 2.86. The molecular weight excluding hydrogens is 194 g/mol. The fourth-order valence-electron chi connectivity index (χ4n) is 1.52. The summed E-state index contributed by atoms with van der Waals surface area (Å²) in [5.74, 6) is 0. The van der Waals surface area contributed by atoms with Gasteiger partial charge in [-0.2, -0.15) is 0 Å². The first-order valence-electron chi connectivity index (χ1n) is 5.75. The molecule has 1 rings (SSSR count). The Balaban J connectivity index is 2.76. The number of benzene rings is 1. The van der Waals surface area contributed by atoms with Gasteiger partial charge >= 0.3 is 0 Å². The monoisotopic (exact) mass is 217 g/mol. The van der Waals surface area contributed by atoms with Crippen LogP contribution in [-0.4, -0.2) is 19.0 Å². The maximum Gasteiger partial charge on any atom is 0.0119 e. The van der Waals surface area contributed by atoms with E-state index in [9.17, 15) is 0 Å². The summed E-state index contributed by atoms with van der Waals surface area (Å²) in [4.78, 5) is 2.07. The summed E-state index contributed by atoms with van der Waals surface area (Å²) in [5.41, 5.74) is 4.08. The van der Waals surface area contributed by atoms with Crippen LogP contribution < -0.4 is 0 Å². The van der Waals surface area contributed by atoms with Crippen LogP contribution in [0.3, 0.4) is 0 Å². The molecule has 0 aromatic heterocycles. The van der Waals surface area contributed by atoms with Crippen molar-refractivity contribution in [3.63, 3.8) is 0 Å². The van der Waals surface area contributed by atoms with Gasteiger partial charge in [-0.25, -0.2) is 0 Å². The van der Waals surface area contributed by atoms with Gasteiger partial charge in [-0.1, -0.05) is 51.6 Å². The van der Waals surface area contributed by atoms with E-state index >= 15 is 0 Å². The topological polar surface area (TPSA) is 3.24 Å². The Hall–Kier alpha value is -1.24. The summed E-state index contributed by atoms with van der Waals surface area (Å²) in [6.45, 7) is 10.8. The van der Waals surface area contributed by atoms with Gasteiger partial charge < -0.3 is 4.90 Å². The van der Waals surface area contributed by atoms with Gasteiger partial charge in [-0.3, -0.25) is 0 Å². The SMILES string of the molecule is C=C(Cc1ccc(C(C)(C)C)cc1)N(C)C. The van der Waals surface area contributed by atoms with Crippen molar-refractivity contribution in [3.05, 3.63) is 47.7 Å². The lowest BCUT2D eigenvalue weighted by molar-refractivity contribution is 0.501.